The molecular weight excluding hydrogens is 382 g/mol. The third-order valence-corrected chi connectivity index (χ3v) is 6.32. The van der Waals surface area contributed by atoms with E-state index in [0.717, 1.165) is 12.8 Å². The summed E-state index contributed by atoms with van der Waals surface area (Å²) in [6, 6.07) is 8.28. The van der Waals surface area contributed by atoms with Gasteiger partial charge in [0.2, 0.25) is 21.8 Å². The van der Waals surface area contributed by atoms with Crippen molar-refractivity contribution < 1.29 is 22.7 Å². The van der Waals surface area contributed by atoms with E-state index in [9.17, 15) is 18.0 Å². The molecule has 0 bridgehead atoms. The van der Waals surface area contributed by atoms with Crippen LogP contribution < -0.4 is 15.4 Å². The molecule has 0 heterocycles. The number of nitrogens with one attached hydrogen (secondary N) is 3. The summed E-state index contributed by atoms with van der Waals surface area (Å²) in [4.78, 5) is 24.1. The number of amides is 2. The molecule has 28 heavy (non-hydrogen) atoms. The molecule has 0 unspecified atom stereocenters. The van der Waals surface area contributed by atoms with Gasteiger partial charge < -0.3 is 15.4 Å². The number of sulfonamides is 1. The van der Waals surface area contributed by atoms with Crippen LogP contribution in [0.1, 0.15) is 25.7 Å². The van der Waals surface area contributed by atoms with E-state index < -0.39 is 10.0 Å². The molecule has 8 nitrogen and oxygen atoms in total. The number of hydrogen-bond donors (Lipinski definition) is 3. The summed E-state index contributed by atoms with van der Waals surface area (Å²) in [5, 5.41) is 5.32. The van der Waals surface area contributed by atoms with E-state index >= 15 is 0 Å². The minimum absolute atomic E-state index is 0.0423. The van der Waals surface area contributed by atoms with Gasteiger partial charge in [-0.2, -0.15) is 0 Å². The number of carbonyl (C=O) groups excluding carboxylic acids is 2. The van der Waals surface area contributed by atoms with Gasteiger partial charge in [0, 0.05) is 26.1 Å². The first-order valence-corrected chi connectivity index (χ1v) is 11.0. The van der Waals surface area contributed by atoms with Crippen molar-refractivity contribution in [1.82, 2.24) is 15.4 Å². The van der Waals surface area contributed by atoms with Crippen molar-refractivity contribution in [3.63, 3.8) is 0 Å². The van der Waals surface area contributed by atoms with Crippen molar-refractivity contribution in [2.24, 2.45) is 11.8 Å². The van der Waals surface area contributed by atoms with Gasteiger partial charge in [-0.1, -0.05) is 18.2 Å². The van der Waals surface area contributed by atoms with Gasteiger partial charge in [0.1, 0.15) is 0 Å². The highest BCUT2D eigenvalue weighted by Gasteiger charge is 2.27. The number of benzene rings is 1. The van der Waals surface area contributed by atoms with Crippen molar-refractivity contribution >= 4 is 21.8 Å². The second-order valence-corrected chi connectivity index (χ2v) is 8.71. The van der Waals surface area contributed by atoms with E-state index in [1.807, 2.05) is 0 Å². The van der Waals surface area contributed by atoms with Crippen LogP contribution in [0, 0.1) is 11.8 Å². The Bertz CT molecular complexity index is 731. The molecule has 1 aliphatic rings. The highest BCUT2D eigenvalue weighted by atomic mass is 32.2. The predicted molar refractivity (Wildman–Crippen MR) is 105 cm³/mol. The molecule has 2 rings (SSSR count). The second-order valence-electron chi connectivity index (χ2n) is 6.94. The zero-order valence-electron chi connectivity index (χ0n) is 16.1. The number of rotatable bonds is 10. The second kappa shape index (κ2) is 11.1. The molecule has 1 aromatic carbocycles. The number of methoxy groups -OCH3 is 1. The maximum absolute atomic E-state index is 12.3. The Balaban J connectivity index is 1.68. The fraction of sp³-hybridized carbons (Fsp3) is 0.579. The lowest BCUT2D eigenvalue weighted by Crippen LogP contribution is -2.41. The molecule has 0 spiro atoms. The van der Waals surface area contributed by atoms with Crippen molar-refractivity contribution in [1.29, 1.82) is 0 Å². The van der Waals surface area contributed by atoms with Crippen LogP contribution in [0.3, 0.4) is 0 Å². The smallest absolute Gasteiger partial charge is 0.240 e. The van der Waals surface area contributed by atoms with E-state index in [0.29, 0.717) is 32.5 Å². The summed E-state index contributed by atoms with van der Waals surface area (Å²) in [6.07, 6.45) is 2.93. The van der Waals surface area contributed by atoms with Crippen molar-refractivity contribution in [3.8, 4) is 0 Å². The molecule has 0 aromatic heterocycles. The van der Waals surface area contributed by atoms with E-state index in [2.05, 4.69) is 15.4 Å². The minimum atomic E-state index is -3.50. The van der Waals surface area contributed by atoms with Gasteiger partial charge in [-0.15, -0.1) is 0 Å². The van der Waals surface area contributed by atoms with Gasteiger partial charge in [0.25, 0.3) is 0 Å². The van der Waals surface area contributed by atoms with Crippen LogP contribution in [0.2, 0.25) is 0 Å². The normalized spacial score (nSPS) is 19.8. The summed E-state index contributed by atoms with van der Waals surface area (Å²) < 4.78 is 32.0. The van der Waals surface area contributed by atoms with Crippen LogP contribution in [0.25, 0.3) is 0 Å². The highest BCUT2D eigenvalue weighted by molar-refractivity contribution is 7.89. The quantitative estimate of drug-likeness (QED) is 0.489. The highest BCUT2D eigenvalue weighted by Crippen LogP contribution is 2.28. The van der Waals surface area contributed by atoms with Crippen molar-refractivity contribution in [3.05, 3.63) is 30.3 Å². The number of ether oxygens (including phenoxy) is 1. The van der Waals surface area contributed by atoms with E-state index in [1.165, 1.54) is 0 Å². The van der Waals surface area contributed by atoms with Crippen molar-refractivity contribution in [2.45, 2.75) is 30.6 Å². The molecule has 1 aliphatic carbocycles. The van der Waals surface area contributed by atoms with Gasteiger partial charge in [-0.25, -0.2) is 13.1 Å². The van der Waals surface area contributed by atoms with E-state index in [-0.39, 0.29) is 35.1 Å². The molecule has 0 aliphatic heterocycles. The number of hydrogen-bond acceptors (Lipinski definition) is 5. The SMILES string of the molecule is COCCNC(=O)CNC(=O)C1CCC(CNS(=O)(=O)c2ccccc2)CC1. The summed E-state index contributed by atoms with van der Waals surface area (Å²) in [6.45, 7) is 1.17. The minimum Gasteiger partial charge on any atom is -0.383 e. The molecule has 3 N–H and O–H groups in total. The summed E-state index contributed by atoms with van der Waals surface area (Å²) >= 11 is 0. The molecule has 0 saturated heterocycles. The first kappa shape index (κ1) is 22.3. The first-order chi connectivity index (χ1) is 13.4. The zero-order valence-corrected chi connectivity index (χ0v) is 17.0. The Hall–Kier alpha value is -1.97. The molecule has 1 fully saturated rings. The largest absolute Gasteiger partial charge is 0.383 e. The molecule has 0 radical (unpaired) electrons. The lowest BCUT2D eigenvalue weighted by Gasteiger charge is -2.27. The Kier molecular flexibility index (Phi) is 8.88. The zero-order chi connectivity index (χ0) is 20.4. The van der Waals surface area contributed by atoms with Crippen molar-refractivity contribution in [2.75, 3.05) is 33.4 Å². The van der Waals surface area contributed by atoms with Crippen LogP contribution in [-0.2, 0) is 24.3 Å². The molecule has 0 atom stereocenters. The lowest BCUT2D eigenvalue weighted by molar-refractivity contribution is -0.129. The number of carbonyl (C=O) groups is 2. The van der Waals surface area contributed by atoms with Gasteiger partial charge in [0.15, 0.2) is 0 Å². The Morgan fingerprint density at radius 1 is 1.07 bits per heavy atom. The molecule has 9 heteroatoms. The van der Waals surface area contributed by atoms with E-state index in [1.54, 1.807) is 37.4 Å². The molecule has 156 valence electrons. The van der Waals surface area contributed by atoms with Gasteiger partial charge in [-0.3, -0.25) is 9.59 Å². The Morgan fingerprint density at radius 2 is 1.75 bits per heavy atom. The van der Waals surface area contributed by atoms with E-state index in [4.69, 9.17) is 4.74 Å². The maximum Gasteiger partial charge on any atom is 0.240 e. The molecule has 1 saturated carbocycles. The van der Waals surface area contributed by atoms with Crippen LogP contribution in [0.4, 0.5) is 0 Å². The Morgan fingerprint density at radius 3 is 2.39 bits per heavy atom. The summed E-state index contributed by atoms with van der Waals surface area (Å²) in [5.74, 6) is -0.284. The van der Waals surface area contributed by atoms with Crippen LogP contribution in [0.5, 0.6) is 0 Å². The maximum atomic E-state index is 12.3. The predicted octanol–water partition coefficient (Wildman–Crippen LogP) is 0.650. The average molecular weight is 412 g/mol. The van der Waals surface area contributed by atoms with Gasteiger partial charge in [0.05, 0.1) is 18.0 Å². The Labute approximate surface area is 166 Å². The third-order valence-electron chi connectivity index (χ3n) is 4.88. The first-order valence-electron chi connectivity index (χ1n) is 9.50. The van der Waals surface area contributed by atoms with Gasteiger partial charge >= 0.3 is 0 Å². The fourth-order valence-corrected chi connectivity index (χ4v) is 4.34. The monoisotopic (exact) mass is 411 g/mol. The lowest BCUT2D eigenvalue weighted by atomic mass is 9.81. The molecular formula is C19H29N3O5S. The average Bonchev–Trinajstić information content (AvgIpc) is 2.72. The molecule has 2 amide bonds. The topological polar surface area (TPSA) is 114 Å². The fourth-order valence-electron chi connectivity index (χ4n) is 3.21. The standard InChI is InChI=1S/C19H29N3O5S/c1-27-12-11-20-18(23)14-21-19(24)16-9-7-15(8-10-16)13-22-28(25,26)17-5-3-2-4-6-17/h2-6,15-16,22H,7-14H2,1H3,(H,20,23)(H,21,24). The van der Waals surface area contributed by atoms with Crippen LogP contribution in [0.15, 0.2) is 35.2 Å². The summed E-state index contributed by atoms with van der Waals surface area (Å²) in [7, 11) is -1.95. The van der Waals surface area contributed by atoms with Crippen LogP contribution in [-0.4, -0.2) is 53.6 Å². The van der Waals surface area contributed by atoms with Gasteiger partial charge in [-0.05, 0) is 43.7 Å². The third kappa shape index (κ3) is 7.21. The van der Waals surface area contributed by atoms with Crippen LogP contribution >= 0.6 is 0 Å². The molecule has 1 aromatic rings. The summed E-state index contributed by atoms with van der Waals surface area (Å²) in [5.41, 5.74) is 0.